The lowest BCUT2D eigenvalue weighted by Gasteiger charge is -2.35. The van der Waals surface area contributed by atoms with Crippen LogP contribution in [0.25, 0.3) is 0 Å². The van der Waals surface area contributed by atoms with Crippen LogP contribution in [0.2, 0.25) is 5.02 Å². The minimum Gasteiger partial charge on any atom is -0.428 e. The number of carbonyl (C=O) groups excluding carboxylic acids is 1. The highest BCUT2D eigenvalue weighted by atomic mass is 35.5. The van der Waals surface area contributed by atoms with Gasteiger partial charge >= 0.3 is 24.7 Å². The van der Waals surface area contributed by atoms with Crippen molar-refractivity contribution in [1.29, 1.82) is 5.26 Å². The van der Waals surface area contributed by atoms with E-state index in [-0.39, 0.29) is 21.8 Å². The second kappa shape index (κ2) is 12.0. The number of rotatable bonds is 9. The normalized spacial score (nSPS) is 14.1. The molecule has 0 aliphatic carbocycles. The van der Waals surface area contributed by atoms with E-state index in [2.05, 4.69) is 15.0 Å². The summed E-state index contributed by atoms with van der Waals surface area (Å²) in [5.74, 6) is -2.22. The molecule has 212 valence electrons. The Hall–Kier alpha value is -4.12. The van der Waals surface area contributed by atoms with Gasteiger partial charge in [-0.1, -0.05) is 41.9 Å². The SMILES string of the molecule is N#CC(NC(=O)NCC(c1ccccc1)(c1cc(F)cc(OC(F)(F)C(F)F)c1)c1ccc(Cl)cn1)C(F)(F)F. The second-order valence-electron chi connectivity index (χ2n) is 8.20. The van der Waals surface area contributed by atoms with E-state index in [1.54, 1.807) is 6.07 Å². The zero-order chi connectivity index (χ0) is 29.7. The van der Waals surface area contributed by atoms with Gasteiger partial charge in [0.25, 0.3) is 0 Å². The number of benzene rings is 2. The number of hydrogen-bond donors (Lipinski definition) is 2. The fourth-order valence-electron chi connectivity index (χ4n) is 3.76. The van der Waals surface area contributed by atoms with Gasteiger partial charge in [-0.2, -0.15) is 36.0 Å². The maximum absolute atomic E-state index is 14.8. The van der Waals surface area contributed by atoms with Crippen molar-refractivity contribution >= 4 is 17.6 Å². The molecule has 6 nitrogen and oxygen atoms in total. The predicted molar refractivity (Wildman–Crippen MR) is 126 cm³/mol. The topological polar surface area (TPSA) is 87.0 Å². The quantitative estimate of drug-likeness (QED) is 0.290. The van der Waals surface area contributed by atoms with Crippen molar-refractivity contribution in [1.82, 2.24) is 15.6 Å². The molecule has 2 N–H and O–H groups in total. The van der Waals surface area contributed by atoms with Gasteiger partial charge in [-0.25, -0.2) is 9.18 Å². The number of pyridine rings is 1. The highest BCUT2D eigenvalue weighted by molar-refractivity contribution is 6.30. The molecule has 0 spiro atoms. The molecule has 0 aliphatic heterocycles. The summed E-state index contributed by atoms with van der Waals surface area (Å²) in [4.78, 5) is 16.6. The zero-order valence-corrected chi connectivity index (χ0v) is 20.6. The number of halogens is 9. The summed E-state index contributed by atoms with van der Waals surface area (Å²) in [5, 5.41) is 12.5. The van der Waals surface area contributed by atoms with Gasteiger partial charge in [-0.3, -0.25) is 4.98 Å². The van der Waals surface area contributed by atoms with Crippen LogP contribution in [0.3, 0.4) is 0 Å². The Morgan fingerprint density at radius 1 is 1.02 bits per heavy atom. The number of nitriles is 1. The number of aromatic nitrogens is 1. The molecular weight excluding hydrogens is 576 g/mol. The molecule has 3 aromatic rings. The van der Waals surface area contributed by atoms with E-state index in [4.69, 9.17) is 16.9 Å². The van der Waals surface area contributed by atoms with Crippen LogP contribution in [-0.2, 0) is 5.41 Å². The number of ether oxygens (including phenoxy) is 1. The average molecular weight is 593 g/mol. The van der Waals surface area contributed by atoms with Crippen LogP contribution in [0.5, 0.6) is 5.75 Å². The summed E-state index contributed by atoms with van der Waals surface area (Å²) < 4.78 is 111. The summed E-state index contributed by atoms with van der Waals surface area (Å²) in [5.41, 5.74) is -1.89. The van der Waals surface area contributed by atoms with Gasteiger partial charge in [0.05, 0.1) is 22.2 Å². The standard InChI is InChI=1S/C25H17ClF8N4O2/c26-16-6-7-19(36-12-16)23(14-4-2-1-3-5-14,13-37-22(39)38-20(11-35)24(30,31)32)15-8-17(27)10-18(9-15)40-25(33,34)21(28)29/h1-10,12,20-21H,13H2,(H2,37,38,39). The first-order valence-corrected chi connectivity index (χ1v) is 11.4. The molecule has 40 heavy (non-hydrogen) atoms. The number of hydrogen-bond acceptors (Lipinski definition) is 4. The molecule has 0 aliphatic rings. The van der Waals surface area contributed by atoms with Gasteiger partial charge in [0.2, 0.25) is 6.04 Å². The van der Waals surface area contributed by atoms with E-state index in [1.807, 2.05) is 0 Å². The molecule has 0 saturated carbocycles. The van der Waals surface area contributed by atoms with Gasteiger partial charge in [0, 0.05) is 18.8 Å². The minimum atomic E-state index is -5.11. The van der Waals surface area contributed by atoms with Gasteiger partial charge in [-0.15, -0.1) is 0 Å². The number of urea groups is 1. The maximum Gasteiger partial charge on any atom is 0.461 e. The molecule has 2 amide bonds. The number of carbonyl (C=O) groups is 1. The van der Waals surface area contributed by atoms with Crippen LogP contribution in [0, 0.1) is 17.1 Å². The van der Waals surface area contributed by atoms with E-state index in [1.165, 1.54) is 41.7 Å². The summed E-state index contributed by atoms with van der Waals surface area (Å²) in [7, 11) is 0. The van der Waals surface area contributed by atoms with Gasteiger partial charge in [0.1, 0.15) is 11.6 Å². The molecule has 2 atom stereocenters. The van der Waals surface area contributed by atoms with E-state index in [0.717, 1.165) is 24.4 Å². The molecule has 0 radical (unpaired) electrons. The van der Waals surface area contributed by atoms with Crippen molar-refractivity contribution < 1.29 is 44.7 Å². The Balaban J connectivity index is 2.20. The Bertz CT molecular complexity index is 1370. The van der Waals surface area contributed by atoms with Crippen LogP contribution in [0.1, 0.15) is 16.8 Å². The number of alkyl halides is 7. The number of amides is 2. The Morgan fingerprint density at radius 2 is 1.70 bits per heavy atom. The van der Waals surface area contributed by atoms with Gasteiger partial charge in [0.15, 0.2) is 0 Å². The van der Waals surface area contributed by atoms with Crippen molar-refractivity contribution in [3.8, 4) is 11.8 Å². The third-order valence-electron chi connectivity index (χ3n) is 5.55. The van der Waals surface area contributed by atoms with Crippen molar-refractivity contribution in [2.24, 2.45) is 0 Å². The smallest absolute Gasteiger partial charge is 0.428 e. The van der Waals surface area contributed by atoms with Crippen LogP contribution in [0.4, 0.5) is 39.9 Å². The summed E-state index contributed by atoms with van der Waals surface area (Å²) in [6.45, 7) is -0.693. The first-order valence-electron chi connectivity index (χ1n) is 11.0. The monoisotopic (exact) mass is 592 g/mol. The number of nitrogens with zero attached hydrogens (tertiary/aromatic N) is 2. The predicted octanol–water partition coefficient (Wildman–Crippen LogP) is 6.20. The summed E-state index contributed by atoms with van der Waals surface area (Å²) in [6.07, 6.45) is -13.2. The molecule has 3 rings (SSSR count). The fourth-order valence-corrected chi connectivity index (χ4v) is 3.87. The zero-order valence-electron chi connectivity index (χ0n) is 19.8. The lowest BCUT2D eigenvalue weighted by Crippen LogP contribution is -2.52. The second-order valence-corrected chi connectivity index (χ2v) is 8.64. The van der Waals surface area contributed by atoms with E-state index in [9.17, 15) is 39.9 Å². The molecule has 15 heteroatoms. The maximum atomic E-state index is 14.8. The summed E-state index contributed by atoms with van der Waals surface area (Å²) in [6, 6.07) is 8.79. The van der Waals surface area contributed by atoms with Gasteiger partial charge < -0.3 is 15.4 Å². The fraction of sp³-hybridized carbons (Fsp3) is 0.240. The minimum absolute atomic E-state index is 0.00627. The molecular formula is C25H17ClF8N4O2. The summed E-state index contributed by atoms with van der Waals surface area (Å²) >= 11 is 5.94. The Kier molecular flexibility index (Phi) is 9.09. The average Bonchev–Trinajstić information content (AvgIpc) is 2.88. The van der Waals surface area contributed by atoms with Crippen molar-refractivity contribution in [2.75, 3.05) is 6.54 Å². The highest BCUT2D eigenvalue weighted by Crippen LogP contribution is 2.41. The van der Waals surface area contributed by atoms with Crippen LogP contribution in [-0.4, -0.2) is 42.3 Å². The third kappa shape index (κ3) is 6.90. The largest absolute Gasteiger partial charge is 0.461 e. The number of nitrogens with one attached hydrogen (secondary N) is 2. The lowest BCUT2D eigenvalue weighted by molar-refractivity contribution is -0.253. The Labute approximate surface area is 226 Å². The molecule has 2 unspecified atom stereocenters. The van der Waals surface area contributed by atoms with Crippen molar-refractivity contribution in [3.05, 3.63) is 94.5 Å². The molecule has 2 aromatic carbocycles. The molecule has 1 aromatic heterocycles. The van der Waals surface area contributed by atoms with E-state index in [0.29, 0.717) is 6.07 Å². The van der Waals surface area contributed by atoms with E-state index < -0.39 is 54.3 Å². The lowest BCUT2D eigenvalue weighted by atomic mass is 9.71. The highest BCUT2D eigenvalue weighted by Gasteiger charge is 2.45. The van der Waals surface area contributed by atoms with Gasteiger partial charge in [-0.05, 0) is 35.4 Å². The molecule has 0 saturated heterocycles. The van der Waals surface area contributed by atoms with Crippen LogP contribution in [0.15, 0.2) is 66.9 Å². The van der Waals surface area contributed by atoms with Crippen LogP contribution >= 0.6 is 11.6 Å². The molecule has 0 bridgehead atoms. The van der Waals surface area contributed by atoms with Crippen molar-refractivity contribution in [2.45, 2.75) is 30.2 Å². The van der Waals surface area contributed by atoms with Crippen molar-refractivity contribution in [3.63, 3.8) is 0 Å². The first kappa shape index (κ1) is 30.4. The van der Waals surface area contributed by atoms with E-state index >= 15 is 0 Å². The molecule has 1 heterocycles. The third-order valence-corrected chi connectivity index (χ3v) is 5.77. The first-order chi connectivity index (χ1) is 18.7. The Morgan fingerprint density at radius 3 is 2.25 bits per heavy atom. The molecule has 0 fully saturated rings. The van der Waals surface area contributed by atoms with Crippen LogP contribution < -0.4 is 15.4 Å².